The largest absolute Gasteiger partial charge is 0.506 e. The van der Waals surface area contributed by atoms with Gasteiger partial charge in [-0.1, -0.05) is 28.1 Å². The van der Waals surface area contributed by atoms with Crippen LogP contribution in [0.5, 0.6) is 5.75 Å². The van der Waals surface area contributed by atoms with E-state index in [-0.39, 0.29) is 11.4 Å². The number of hydrogen-bond acceptors (Lipinski definition) is 7. The van der Waals surface area contributed by atoms with Crippen molar-refractivity contribution in [1.82, 2.24) is 9.97 Å². The highest BCUT2D eigenvalue weighted by Gasteiger charge is 2.13. The van der Waals surface area contributed by atoms with Crippen molar-refractivity contribution in [1.29, 1.82) is 0 Å². The number of non-ortho nitro benzene ring substituents is 1. The van der Waals surface area contributed by atoms with Gasteiger partial charge in [0.15, 0.2) is 11.6 Å². The smallest absolute Gasteiger partial charge is 0.270 e. The maximum Gasteiger partial charge on any atom is 0.270 e. The predicted molar refractivity (Wildman–Crippen MR) is 114 cm³/mol. The maximum absolute atomic E-state index is 10.8. The van der Waals surface area contributed by atoms with Crippen molar-refractivity contribution in [2.45, 2.75) is 6.92 Å². The number of hydrazone groups is 1. The van der Waals surface area contributed by atoms with E-state index in [2.05, 4.69) is 52.4 Å². The van der Waals surface area contributed by atoms with E-state index in [9.17, 15) is 15.2 Å². The summed E-state index contributed by atoms with van der Waals surface area (Å²) in [5, 5.41) is 25.2. The number of aromatic hydroxyl groups is 1. The second kappa shape index (κ2) is 8.44. The Hall–Kier alpha value is -2.85. The Labute approximate surface area is 176 Å². The van der Waals surface area contributed by atoms with Crippen LogP contribution in [0, 0.1) is 17.0 Å². The monoisotopic (exact) mass is 505 g/mol. The number of nitrogens with zero attached hydrogens (tertiary/aromatic N) is 4. The van der Waals surface area contributed by atoms with Gasteiger partial charge in [0, 0.05) is 33.9 Å². The van der Waals surface area contributed by atoms with Gasteiger partial charge in [-0.15, -0.1) is 0 Å². The van der Waals surface area contributed by atoms with E-state index >= 15 is 0 Å². The average molecular weight is 507 g/mol. The van der Waals surface area contributed by atoms with Gasteiger partial charge < -0.3 is 5.11 Å². The van der Waals surface area contributed by atoms with Crippen LogP contribution in [-0.4, -0.2) is 26.2 Å². The molecule has 2 aromatic carbocycles. The van der Waals surface area contributed by atoms with E-state index in [4.69, 9.17) is 0 Å². The van der Waals surface area contributed by atoms with Gasteiger partial charge in [0.1, 0.15) is 5.75 Å². The number of aromatic nitrogens is 2. The van der Waals surface area contributed by atoms with Crippen LogP contribution in [0.4, 0.5) is 11.5 Å². The summed E-state index contributed by atoms with van der Waals surface area (Å²) in [5.74, 6) is 0.770. The first-order chi connectivity index (χ1) is 13.3. The lowest BCUT2D eigenvalue weighted by molar-refractivity contribution is -0.384. The molecule has 142 valence electrons. The van der Waals surface area contributed by atoms with E-state index in [1.165, 1.54) is 18.3 Å². The molecule has 0 saturated heterocycles. The molecule has 0 aliphatic heterocycles. The van der Waals surface area contributed by atoms with Gasteiger partial charge in [0.2, 0.25) is 0 Å². The molecule has 0 spiro atoms. The highest BCUT2D eigenvalue weighted by atomic mass is 79.9. The van der Waals surface area contributed by atoms with Gasteiger partial charge >= 0.3 is 0 Å². The Balaban J connectivity index is 1.87. The third kappa shape index (κ3) is 4.70. The molecule has 10 heteroatoms. The van der Waals surface area contributed by atoms with Crippen molar-refractivity contribution >= 4 is 49.6 Å². The molecular formula is C18H13Br2N5O3. The van der Waals surface area contributed by atoms with Crippen LogP contribution in [0.15, 0.2) is 56.5 Å². The molecule has 0 atom stereocenters. The van der Waals surface area contributed by atoms with Crippen LogP contribution in [-0.2, 0) is 0 Å². The van der Waals surface area contributed by atoms with Crippen molar-refractivity contribution in [3.8, 4) is 17.1 Å². The van der Waals surface area contributed by atoms with E-state index in [0.29, 0.717) is 32.9 Å². The number of hydrogen-bond donors (Lipinski definition) is 2. The lowest BCUT2D eigenvalue weighted by Crippen LogP contribution is -1.99. The fourth-order valence-corrected chi connectivity index (χ4v) is 3.60. The number of rotatable bonds is 5. The van der Waals surface area contributed by atoms with Crippen LogP contribution >= 0.6 is 31.9 Å². The summed E-state index contributed by atoms with van der Waals surface area (Å²) >= 11 is 6.67. The molecule has 0 bridgehead atoms. The molecule has 0 saturated carbocycles. The van der Waals surface area contributed by atoms with Crippen LogP contribution in [0.25, 0.3) is 11.4 Å². The molecule has 8 nitrogen and oxygen atoms in total. The number of nitro benzene ring substituents is 1. The van der Waals surface area contributed by atoms with E-state index < -0.39 is 4.92 Å². The van der Waals surface area contributed by atoms with Gasteiger partial charge in [-0.2, -0.15) is 5.10 Å². The minimum absolute atomic E-state index is 0.0141. The number of nitrogens with one attached hydrogen (secondary N) is 1. The zero-order chi connectivity index (χ0) is 20.3. The first-order valence-electron chi connectivity index (χ1n) is 7.91. The summed E-state index contributed by atoms with van der Waals surface area (Å²) in [6.07, 6.45) is 1.46. The summed E-state index contributed by atoms with van der Waals surface area (Å²) in [6, 6.07) is 11.2. The van der Waals surface area contributed by atoms with Crippen molar-refractivity contribution in [2.24, 2.45) is 5.10 Å². The summed E-state index contributed by atoms with van der Waals surface area (Å²) in [6.45, 7) is 1.80. The normalized spacial score (nSPS) is 11.0. The molecule has 2 N–H and O–H groups in total. The Bertz CT molecular complexity index is 1090. The number of phenols is 1. The Morgan fingerprint density at radius 3 is 2.75 bits per heavy atom. The molecule has 28 heavy (non-hydrogen) atoms. The fraction of sp³-hybridized carbons (Fsp3) is 0.0556. The number of aryl methyl sites for hydroxylation is 1. The van der Waals surface area contributed by atoms with Crippen molar-refractivity contribution in [2.75, 3.05) is 5.43 Å². The highest BCUT2D eigenvalue weighted by Crippen LogP contribution is 2.37. The first-order valence-corrected chi connectivity index (χ1v) is 9.49. The molecule has 3 aromatic rings. The molecular weight excluding hydrogens is 494 g/mol. The van der Waals surface area contributed by atoms with Gasteiger partial charge in [-0.05, 0) is 35.0 Å². The third-order valence-corrected chi connectivity index (χ3v) is 4.66. The Morgan fingerprint density at radius 1 is 1.21 bits per heavy atom. The van der Waals surface area contributed by atoms with Crippen LogP contribution in [0.3, 0.4) is 0 Å². The first kappa shape index (κ1) is 19.9. The topological polar surface area (TPSA) is 114 Å². The second-order valence-electron chi connectivity index (χ2n) is 5.72. The zero-order valence-electron chi connectivity index (χ0n) is 14.4. The number of nitro groups is 1. The SMILES string of the molecule is Cc1cc(N/N=C/c2cccc([N+](=O)[O-])c2)nc(-c2cc(Br)cc(Br)c2O)n1. The molecule has 3 rings (SSSR count). The molecule has 0 aliphatic rings. The summed E-state index contributed by atoms with van der Waals surface area (Å²) in [4.78, 5) is 19.1. The van der Waals surface area contributed by atoms with Crippen molar-refractivity contribution in [3.63, 3.8) is 0 Å². The number of benzene rings is 2. The fourth-order valence-electron chi connectivity index (χ4n) is 2.37. The van der Waals surface area contributed by atoms with Gasteiger partial charge in [-0.25, -0.2) is 9.97 Å². The second-order valence-corrected chi connectivity index (χ2v) is 7.49. The molecule has 1 aromatic heterocycles. The Kier molecular flexibility index (Phi) is 6.00. The molecule has 0 radical (unpaired) electrons. The summed E-state index contributed by atoms with van der Waals surface area (Å²) in [5.41, 5.74) is 4.47. The third-order valence-electron chi connectivity index (χ3n) is 3.60. The lowest BCUT2D eigenvalue weighted by Gasteiger charge is -2.09. The van der Waals surface area contributed by atoms with Gasteiger partial charge in [0.05, 0.1) is 21.2 Å². The Morgan fingerprint density at radius 2 is 2.00 bits per heavy atom. The lowest BCUT2D eigenvalue weighted by atomic mass is 10.2. The van der Waals surface area contributed by atoms with Crippen molar-refractivity contribution in [3.05, 3.63) is 72.8 Å². The maximum atomic E-state index is 10.8. The van der Waals surface area contributed by atoms with E-state index in [1.807, 2.05) is 0 Å². The zero-order valence-corrected chi connectivity index (χ0v) is 17.6. The predicted octanol–water partition coefficient (Wildman–Crippen LogP) is 5.04. The summed E-state index contributed by atoms with van der Waals surface area (Å²) in [7, 11) is 0. The van der Waals surface area contributed by atoms with Crippen LogP contribution in [0.2, 0.25) is 0 Å². The minimum Gasteiger partial charge on any atom is -0.506 e. The number of halogens is 2. The number of anilines is 1. The van der Waals surface area contributed by atoms with Crippen LogP contribution in [0.1, 0.15) is 11.3 Å². The molecule has 0 fully saturated rings. The van der Waals surface area contributed by atoms with Crippen LogP contribution < -0.4 is 5.43 Å². The quantitative estimate of drug-likeness (QED) is 0.285. The highest BCUT2D eigenvalue weighted by molar-refractivity contribution is 9.11. The average Bonchev–Trinajstić information content (AvgIpc) is 2.64. The van der Waals surface area contributed by atoms with Gasteiger partial charge in [-0.3, -0.25) is 15.5 Å². The van der Waals surface area contributed by atoms with E-state index in [0.717, 1.165) is 4.47 Å². The summed E-state index contributed by atoms with van der Waals surface area (Å²) < 4.78 is 1.27. The molecule has 0 aliphatic carbocycles. The number of phenolic OH excluding ortho intramolecular Hbond substituents is 1. The molecule has 0 unspecified atom stereocenters. The van der Waals surface area contributed by atoms with Crippen molar-refractivity contribution < 1.29 is 10.0 Å². The minimum atomic E-state index is -0.465. The van der Waals surface area contributed by atoms with Gasteiger partial charge in [0.25, 0.3) is 5.69 Å². The molecule has 0 amide bonds. The standard InChI is InChI=1S/C18H13Br2N5O3/c1-10-5-16(24-21-9-11-3-2-4-13(6-11)25(27)28)23-18(22-10)14-7-12(19)8-15(20)17(14)26/h2-9,26H,1H3,(H,22,23,24)/b21-9+. The van der Waals surface area contributed by atoms with E-state index in [1.54, 1.807) is 37.3 Å². The molecule has 1 heterocycles.